The number of piperazine rings is 1. The van der Waals surface area contributed by atoms with Crippen molar-refractivity contribution in [1.29, 1.82) is 0 Å². The van der Waals surface area contributed by atoms with Crippen LogP contribution in [-0.2, 0) is 6.54 Å². The van der Waals surface area contributed by atoms with Gasteiger partial charge >= 0.3 is 0 Å². The predicted octanol–water partition coefficient (Wildman–Crippen LogP) is 0.871. The molecule has 1 fully saturated rings. The van der Waals surface area contributed by atoms with Crippen molar-refractivity contribution in [3.8, 4) is 5.75 Å². The second kappa shape index (κ2) is 7.64. The maximum atomic E-state index is 8.98. The van der Waals surface area contributed by atoms with Gasteiger partial charge in [-0.25, -0.2) is 0 Å². The van der Waals surface area contributed by atoms with Crippen LogP contribution in [0, 0.1) is 0 Å². The van der Waals surface area contributed by atoms with Crippen molar-refractivity contribution in [2.75, 3.05) is 65.4 Å². The number of nitrogens with zero attached hydrogens (tertiary/aromatic N) is 3. The molecule has 5 nitrogen and oxygen atoms in total. The van der Waals surface area contributed by atoms with Crippen molar-refractivity contribution in [2.24, 2.45) is 0 Å². The van der Waals surface area contributed by atoms with Crippen LogP contribution in [0.4, 0.5) is 5.69 Å². The number of aliphatic hydroxyl groups is 1. The molecule has 0 spiro atoms. The number of benzene rings is 1. The molecular weight excluding hydrogens is 266 g/mol. The van der Waals surface area contributed by atoms with E-state index in [1.165, 1.54) is 5.56 Å². The summed E-state index contributed by atoms with van der Waals surface area (Å²) >= 11 is 0. The first-order chi connectivity index (χ1) is 10.1. The minimum Gasteiger partial charge on any atom is -0.496 e. The Hall–Kier alpha value is -1.30. The molecule has 1 heterocycles. The smallest absolute Gasteiger partial charge is 0.125 e. The number of methoxy groups -OCH3 is 1. The van der Waals surface area contributed by atoms with Crippen LogP contribution < -0.4 is 9.64 Å². The third-order valence-corrected chi connectivity index (χ3v) is 4.06. The third-order valence-electron chi connectivity index (χ3n) is 4.06. The fourth-order valence-electron chi connectivity index (χ4n) is 2.70. The Bertz CT molecular complexity index is 443. The highest BCUT2D eigenvalue weighted by atomic mass is 16.5. The van der Waals surface area contributed by atoms with Crippen molar-refractivity contribution >= 4 is 5.69 Å². The molecule has 5 heteroatoms. The number of anilines is 1. The van der Waals surface area contributed by atoms with E-state index in [1.807, 2.05) is 14.1 Å². The van der Waals surface area contributed by atoms with Crippen LogP contribution in [-0.4, -0.2) is 75.4 Å². The van der Waals surface area contributed by atoms with E-state index in [0.29, 0.717) is 0 Å². The number of β-amino-alcohol motifs (C(OH)–C–C–N with tert-alkyl or cyclic N) is 1. The molecular formula is C16H27N3O2. The Morgan fingerprint density at radius 3 is 2.38 bits per heavy atom. The van der Waals surface area contributed by atoms with Crippen molar-refractivity contribution in [3.05, 3.63) is 23.8 Å². The lowest BCUT2D eigenvalue weighted by atomic mass is 10.1. The van der Waals surface area contributed by atoms with E-state index in [0.717, 1.165) is 50.7 Å². The van der Waals surface area contributed by atoms with Gasteiger partial charge in [-0.15, -0.1) is 0 Å². The highest BCUT2D eigenvalue weighted by molar-refractivity contribution is 5.52. The monoisotopic (exact) mass is 293 g/mol. The summed E-state index contributed by atoms with van der Waals surface area (Å²) in [4.78, 5) is 6.84. The van der Waals surface area contributed by atoms with Gasteiger partial charge in [-0.2, -0.15) is 0 Å². The second-order valence-corrected chi connectivity index (χ2v) is 5.73. The minimum absolute atomic E-state index is 0.250. The van der Waals surface area contributed by atoms with Crippen LogP contribution in [0.2, 0.25) is 0 Å². The van der Waals surface area contributed by atoms with E-state index in [-0.39, 0.29) is 6.61 Å². The summed E-state index contributed by atoms with van der Waals surface area (Å²) < 4.78 is 5.54. The Kier molecular flexibility index (Phi) is 5.85. The van der Waals surface area contributed by atoms with E-state index in [1.54, 1.807) is 7.11 Å². The van der Waals surface area contributed by atoms with Gasteiger partial charge in [-0.05, 0) is 6.07 Å². The third kappa shape index (κ3) is 4.33. The summed E-state index contributed by atoms with van der Waals surface area (Å²) in [6.07, 6.45) is 0. The molecule has 1 aromatic rings. The number of ether oxygens (including phenoxy) is 1. The average molecular weight is 293 g/mol. The van der Waals surface area contributed by atoms with Crippen molar-refractivity contribution in [2.45, 2.75) is 6.54 Å². The number of rotatable bonds is 6. The molecule has 21 heavy (non-hydrogen) atoms. The molecule has 0 atom stereocenters. The van der Waals surface area contributed by atoms with Crippen molar-refractivity contribution in [1.82, 2.24) is 9.80 Å². The SMILES string of the molecule is COc1cc(N(C)C)ccc1CN1CCN(CCO)CC1. The van der Waals surface area contributed by atoms with Gasteiger partial charge in [-0.3, -0.25) is 9.80 Å². The van der Waals surface area contributed by atoms with E-state index in [4.69, 9.17) is 9.84 Å². The van der Waals surface area contributed by atoms with Crippen molar-refractivity contribution < 1.29 is 9.84 Å². The maximum Gasteiger partial charge on any atom is 0.125 e. The topological polar surface area (TPSA) is 39.2 Å². The summed E-state index contributed by atoms with van der Waals surface area (Å²) in [6.45, 7) is 6.09. The first-order valence-electron chi connectivity index (χ1n) is 7.54. The summed E-state index contributed by atoms with van der Waals surface area (Å²) in [5.41, 5.74) is 2.39. The summed E-state index contributed by atoms with van der Waals surface area (Å²) in [5, 5.41) is 8.98. The van der Waals surface area contributed by atoms with Crippen LogP contribution in [0.5, 0.6) is 5.75 Å². The highest BCUT2D eigenvalue weighted by Crippen LogP contribution is 2.26. The van der Waals surface area contributed by atoms with Gasteiger partial charge < -0.3 is 14.7 Å². The van der Waals surface area contributed by atoms with E-state index in [2.05, 4.69) is 32.9 Å². The first kappa shape index (κ1) is 16.1. The van der Waals surface area contributed by atoms with Gasteiger partial charge in [0.1, 0.15) is 5.75 Å². The van der Waals surface area contributed by atoms with Crippen LogP contribution in [0.1, 0.15) is 5.56 Å². The lowest BCUT2D eigenvalue weighted by Gasteiger charge is -2.34. The lowest BCUT2D eigenvalue weighted by molar-refractivity contribution is 0.108. The molecule has 118 valence electrons. The molecule has 1 aliphatic rings. The van der Waals surface area contributed by atoms with E-state index < -0.39 is 0 Å². The standard InChI is InChI=1S/C16H27N3O2/c1-17(2)15-5-4-14(16(12-15)21-3)13-19-8-6-18(7-9-19)10-11-20/h4-5,12,20H,6-11,13H2,1-3H3. The molecule has 1 aromatic carbocycles. The summed E-state index contributed by atoms with van der Waals surface area (Å²) in [5.74, 6) is 0.957. The van der Waals surface area contributed by atoms with Crippen LogP contribution in [0.3, 0.4) is 0 Å². The molecule has 1 N–H and O–H groups in total. The molecule has 0 unspecified atom stereocenters. The molecule has 0 aliphatic carbocycles. The fourth-order valence-corrected chi connectivity index (χ4v) is 2.70. The fraction of sp³-hybridized carbons (Fsp3) is 0.625. The zero-order chi connectivity index (χ0) is 15.2. The average Bonchev–Trinajstić information content (AvgIpc) is 2.49. The van der Waals surface area contributed by atoms with Gasteiger partial charge in [0.15, 0.2) is 0 Å². The Labute approximate surface area is 127 Å². The maximum absolute atomic E-state index is 8.98. The molecule has 2 rings (SSSR count). The van der Waals surface area contributed by atoms with Gasteiger partial charge in [0, 0.05) is 70.7 Å². The zero-order valence-electron chi connectivity index (χ0n) is 13.4. The second-order valence-electron chi connectivity index (χ2n) is 5.73. The van der Waals surface area contributed by atoms with Gasteiger partial charge in [0.2, 0.25) is 0 Å². The van der Waals surface area contributed by atoms with Gasteiger partial charge in [0.25, 0.3) is 0 Å². The molecule has 0 saturated carbocycles. The lowest BCUT2D eigenvalue weighted by Crippen LogP contribution is -2.46. The summed E-state index contributed by atoms with van der Waals surface area (Å²) in [7, 11) is 5.81. The minimum atomic E-state index is 0.250. The number of hydrogen-bond acceptors (Lipinski definition) is 5. The largest absolute Gasteiger partial charge is 0.496 e. The Morgan fingerprint density at radius 1 is 1.14 bits per heavy atom. The van der Waals surface area contributed by atoms with Gasteiger partial charge in [-0.1, -0.05) is 6.07 Å². The molecule has 0 aromatic heterocycles. The molecule has 0 radical (unpaired) electrons. The van der Waals surface area contributed by atoms with E-state index >= 15 is 0 Å². The Balaban J connectivity index is 1.97. The molecule has 1 saturated heterocycles. The van der Waals surface area contributed by atoms with E-state index in [9.17, 15) is 0 Å². The Morgan fingerprint density at radius 2 is 1.81 bits per heavy atom. The molecule has 1 aliphatic heterocycles. The van der Waals surface area contributed by atoms with Crippen LogP contribution in [0.15, 0.2) is 18.2 Å². The normalized spacial score (nSPS) is 17.0. The number of aliphatic hydroxyl groups excluding tert-OH is 1. The first-order valence-corrected chi connectivity index (χ1v) is 7.54. The summed E-state index contributed by atoms with van der Waals surface area (Å²) in [6, 6.07) is 6.39. The van der Waals surface area contributed by atoms with Crippen LogP contribution >= 0.6 is 0 Å². The predicted molar refractivity (Wildman–Crippen MR) is 86.1 cm³/mol. The van der Waals surface area contributed by atoms with Gasteiger partial charge in [0.05, 0.1) is 13.7 Å². The number of hydrogen-bond donors (Lipinski definition) is 1. The quantitative estimate of drug-likeness (QED) is 0.843. The highest BCUT2D eigenvalue weighted by Gasteiger charge is 2.17. The molecule has 0 amide bonds. The molecule has 0 bridgehead atoms. The van der Waals surface area contributed by atoms with Crippen LogP contribution in [0.25, 0.3) is 0 Å². The van der Waals surface area contributed by atoms with Crippen molar-refractivity contribution in [3.63, 3.8) is 0 Å². The zero-order valence-corrected chi connectivity index (χ0v) is 13.4.